The Morgan fingerprint density at radius 3 is 2.66 bits per heavy atom. The minimum Gasteiger partial charge on any atom is -0.493 e. The zero-order valence-corrected chi connectivity index (χ0v) is 17.2. The normalized spacial score (nSPS) is 13.4. The van der Waals surface area contributed by atoms with Crippen LogP contribution < -0.4 is 9.47 Å². The number of hydrogen-bond donors (Lipinski definition) is 0. The van der Waals surface area contributed by atoms with Crippen LogP contribution >= 0.6 is 11.3 Å². The third kappa shape index (κ3) is 4.17. The summed E-state index contributed by atoms with van der Waals surface area (Å²) >= 11 is 1.67. The summed E-state index contributed by atoms with van der Waals surface area (Å²) in [7, 11) is 3.20. The summed E-state index contributed by atoms with van der Waals surface area (Å²) in [5.74, 6) is 1.31. The molecule has 0 fully saturated rings. The number of thiazole rings is 1. The van der Waals surface area contributed by atoms with Crippen LogP contribution in [-0.2, 0) is 17.8 Å². The number of methoxy groups -OCH3 is 2. The number of nitrogens with zero attached hydrogens (tertiary/aromatic N) is 2. The Labute approximate surface area is 174 Å². The van der Waals surface area contributed by atoms with Gasteiger partial charge in [0.05, 0.1) is 26.5 Å². The van der Waals surface area contributed by atoms with Gasteiger partial charge in [0.25, 0.3) is 0 Å². The van der Waals surface area contributed by atoms with E-state index in [4.69, 9.17) is 14.5 Å². The number of carbonyl (C=O) groups excluding carboxylic acids is 1. The molecule has 148 valence electrons. The Kier molecular flexibility index (Phi) is 5.62. The van der Waals surface area contributed by atoms with Crippen molar-refractivity contribution in [2.45, 2.75) is 13.0 Å². The molecule has 0 spiro atoms. The van der Waals surface area contributed by atoms with E-state index in [0.29, 0.717) is 24.6 Å². The Bertz CT molecular complexity index is 1040. The van der Waals surface area contributed by atoms with Gasteiger partial charge in [-0.15, -0.1) is 11.3 Å². The molecule has 0 aliphatic carbocycles. The van der Waals surface area contributed by atoms with Gasteiger partial charge in [0.2, 0.25) is 5.91 Å². The summed E-state index contributed by atoms with van der Waals surface area (Å²) in [5, 5.41) is 1.02. The number of carbonyl (C=O) groups is 1. The van der Waals surface area contributed by atoms with Crippen molar-refractivity contribution in [3.05, 3.63) is 70.7 Å². The lowest BCUT2D eigenvalue weighted by Crippen LogP contribution is -2.34. The molecule has 0 N–H and O–H groups in total. The second kappa shape index (κ2) is 8.49. The molecule has 0 unspecified atom stereocenters. The van der Waals surface area contributed by atoms with Crippen molar-refractivity contribution in [1.29, 1.82) is 0 Å². The van der Waals surface area contributed by atoms with Gasteiger partial charge in [-0.1, -0.05) is 36.4 Å². The van der Waals surface area contributed by atoms with Crippen molar-refractivity contribution in [2.75, 3.05) is 20.8 Å². The molecule has 0 atom stereocenters. The van der Waals surface area contributed by atoms with E-state index in [0.717, 1.165) is 28.2 Å². The third-order valence-corrected chi connectivity index (χ3v) is 6.02. The molecule has 1 aliphatic heterocycles. The van der Waals surface area contributed by atoms with Crippen LogP contribution in [-0.4, -0.2) is 36.6 Å². The van der Waals surface area contributed by atoms with Crippen LogP contribution in [0.4, 0.5) is 0 Å². The van der Waals surface area contributed by atoms with Gasteiger partial charge in [-0.25, -0.2) is 4.98 Å². The molecule has 5 nitrogen and oxygen atoms in total. The van der Waals surface area contributed by atoms with Crippen molar-refractivity contribution in [3.63, 3.8) is 0 Å². The third-order valence-electron chi connectivity index (χ3n) is 4.89. The fraction of sp³-hybridized carbons (Fsp3) is 0.217. The molecular formula is C23H22N2O3S. The van der Waals surface area contributed by atoms with E-state index in [2.05, 4.69) is 12.1 Å². The second-order valence-electron chi connectivity index (χ2n) is 6.71. The van der Waals surface area contributed by atoms with Gasteiger partial charge in [0.15, 0.2) is 11.5 Å². The maximum Gasteiger partial charge on any atom is 0.246 e. The number of aromatic nitrogens is 1. The molecule has 0 saturated heterocycles. The van der Waals surface area contributed by atoms with Crippen LogP contribution in [0, 0.1) is 0 Å². The number of benzene rings is 2. The summed E-state index contributed by atoms with van der Waals surface area (Å²) < 4.78 is 10.6. The quantitative estimate of drug-likeness (QED) is 0.589. The molecule has 2 aromatic carbocycles. The Balaban J connectivity index is 1.46. The average Bonchev–Trinajstić information content (AvgIpc) is 3.21. The fourth-order valence-corrected chi connectivity index (χ4v) is 4.45. The van der Waals surface area contributed by atoms with Crippen molar-refractivity contribution in [2.24, 2.45) is 0 Å². The number of rotatable bonds is 5. The van der Waals surface area contributed by atoms with E-state index in [9.17, 15) is 4.79 Å². The Hall–Kier alpha value is -3.12. The first-order valence-electron chi connectivity index (χ1n) is 9.41. The van der Waals surface area contributed by atoms with Gasteiger partial charge in [-0.3, -0.25) is 4.79 Å². The average molecular weight is 407 g/mol. The van der Waals surface area contributed by atoms with Gasteiger partial charge in [-0.05, 0) is 23.8 Å². The fourth-order valence-electron chi connectivity index (χ4n) is 3.32. The van der Waals surface area contributed by atoms with Gasteiger partial charge >= 0.3 is 0 Å². The Morgan fingerprint density at radius 2 is 1.90 bits per heavy atom. The standard InChI is InChI=1S/C23H22N2O3S/c1-27-19-10-8-16(14-20(19)28-2)9-11-22(26)25-13-12-18-21(15-25)29-23(24-18)17-6-4-3-5-7-17/h3-11,14H,12-13,15H2,1-2H3. The first-order valence-corrected chi connectivity index (χ1v) is 10.2. The highest BCUT2D eigenvalue weighted by Crippen LogP contribution is 2.32. The molecule has 4 rings (SSSR count). The maximum absolute atomic E-state index is 12.7. The van der Waals surface area contributed by atoms with Crippen LogP contribution in [0.2, 0.25) is 0 Å². The molecule has 0 bridgehead atoms. The van der Waals surface area contributed by atoms with E-state index >= 15 is 0 Å². The smallest absolute Gasteiger partial charge is 0.246 e. The SMILES string of the molecule is COc1ccc(C=CC(=O)N2CCc3nc(-c4ccccc4)sc3C2)cc1OC. The van der Waals surface area contributed by atoms with Crippen LogP contribution in [0.15, 0.2) is 54.6 Å². The van der Waals surface area contributed by atoms with Crippen molar-refractivity contribution in [1.82, 2.24) is 9.88 Å². The number of amides is 1. The van der Waals surface area contributed by atoms with Gasteiger partial charge in [-0.2, -0.15) is 0 Å². The monoisotopic (exact) mass is 406 g/mol. The maximum atomic E-state index is 12.7. The number of hydrogen-bond acceptors (Lipinski definition) is 5. The van der Waals surface area contributed by atoms with Crippen LogP contribution in [0.1, 0.15) is 16.1 Å². The zero-order valence-electron chi connectivity index (χ0n) is 16.4. The summed E-state index contributed by atoms with van der Waals surface area (Å²) in [6, 6.07) is 15.8. The van der Waals surface area contributed by atoms with Crippen molar-refractivity contribution >= 4 is 23.3 Å². The number of ether oxygens (including phenoxy) is 2. The Morgan fingerprint density at radius 1 is 1.10 bits per heavy atom. The minimum absolute atomic E-state index is 0.0000889. The number of fused-ring (bicyclic) bond motifs is 1. The summed E-state index contributed by atoms with van der Waals surface area (Å²) in [5.41, 5.74) is 3.12. The van der Waals surface area contributed by atoms with Gasteiger partial charge < -0.3 is 14.4 Å². The lowest BCUT2D eigenvalue weighted by atomic mass is 10.1. The molecule has 6 heteroatoms. The first-order chi connectivity index (χ1) is 14.2. The minimum atomic E-state index is 0.0000889. The molecule has 29 heavy (non-hydrogen) atoms. The summed E-state index contributed by atoms with van der Waals surface area (Å²) in [6.45, 7) is 1.29. The molecule has 2 heterocycles. The molecule has 3 aromatic rings. The van der Waals surface area contributed by atoms with E-state index in [1.165, 1.54) is 4.88 Å². The van der Waals surface area contributed by atoms with Crippen molar-refractivity contribution in [3.8, 4) is 22.1 Å². The lowest BCUT2D eigenvalue weighted by Gasteiger charge is -2.24. The molecular weight excluding hydrogens is 384 g/mol. The molecule has 1 amide bonds. The highest BCUT2D eigenvalue weighted by molar-refractivity contribution is 7.15. The topological polar surface area (TPSA) is 51.7 Å². The highest BCUT2D eigenvalue weighted by Gasteiger charge is 2.23. The summed E-state index contributed by atoms with van der Waals surface area (Å²) in [4.78, 5) is 20.5. The van der Waals surface area contributed by atoms with Crippen molar-refractivity contribution < 1.29 is 14.3 Å². The zero-order chi connectivity index (χ0) is 20.2. The molecule has 1 aliphatic rings. The second-order valence-corrected chi connectivity index (χ2v) is 7.80. The van der Waals surface area contributed by atoms with E-state index in [1.807, 2.05) is 47.4 Å². The first kappa shape index (κ1) is 19.2. The lowest BCUT2D eigenvalue weighted by molar-refractivity contribution is -0.126. The predicted molar refractivity (Wildman–Crippen MR) is 115 cm³/mol. The highest BCUT2D eigenvalue weighted by atomic mass is 32.1. The van der Waals surface area contributed by atoms with Gasteiger partial charge in [0, 0.05) is 29.5 Å². The van der Waals surface area contributed by atoms with Gasteiger partial charge in [0.1, 0.15) is 5.01 Å². The van der Waals surface area contributed by atoms with Crippen LogP contribution in [0.3, 0.4) is 0 Å². The molecule has 0 saturated carbocycles. The van der Waals surface area contributed by atoms with Crippen LogP contribution in [0.5, 0.6) is 11.5 Å². The van der Waals surface area contributed by atoms with E-state index in [-0.39, 0.29) is 5.91 Å². The van der Waals surface area contributed by atoms with E-state index in [1.54, 1.807) is 31.6 Å². The molecule has 0 radical (unpaired) electrons. The van der Waals surface area contributed by atoms with E-state index < -0.39 is 0 Å². The molecule has 1 aromatic heterocycles. The van der Waals surface area contributed by atoms with Crippen LogP contribution in [0.25, 0.3) is 16.6 Å². The predicted octanol–water partition coefficient (Wildman–Crippen LogP) is 4.43. The largest absolute Gasteiger partial charge is 0.493 e. The summed E-state index contributed by atoms with van der Waals surface area (Å²) in [6.07, 6.45) is 4.21.